The summed E-state index contributed by atoms with van der Waals surface area (Å²) in [6.07, 6.45) is 0. The maximum Gasteiger partial charge on any atom is 0.329 e. The highest BCUT2D eigenvalue weighted by Gasteiger charge is 2.42. The van der Waals surface area contributed by atoms with Gasteiger partial charge in [-0.15, -0.1) is 0 Å². The van der Waals surface area contributed by atoms with Crippen LogP contribution in [-0.4, -0.2) is 33.9 Å². The Morgan fingerprint density at radius 3 is 2.19 bits per heavy atom. The van der Waals surface area contributed by atoms with Gasteiger partial charge in [0.15, 0.2) is 0 Å². The highest BCUT2D eigenvalue weighted by molar-refractivity contribution is 6.43. The minimum atomic E-state index is -1.11. The summed E-state index contributed by atoms with van der Waals surface area (Å²) in [4.78, 5) is 38.2. The van der Waals surface area contributed by atoms with Gasteiger partial charge in [-0.1, -0.05) is 28.4 Å². The van der Waals surface area contributed by atoms with Gasteiger partial charge < -0.3 is 9.26 Å². The molecule has 0 saturated heterocycles. The molecule has 1 aromatic heterocycles. The fourth-order valence-corrected chi connectivity index (χ4v) is 3.01. The minimum Gasteiger partial charge on any atom is -0.459 e. The van der Waals surface area contributed by atoms with Crippen LogP contribution in [0.25, 0.3) is 0 Å². The fraction of sp³-hybridized carbons (Fsp3) is 0.294. The first kappa shape index (κ1) is 18.4. The van der Waals surface area contributed by atoms with Crippen molar-refractivity contribution in [3.63, 3.8) is 0 Å². The molecule has 1 aromatic carbocycles. The zero-order chi connectivity index (χ0) is 19.2. The molecule has 2 amide bonds. The molecule has 26 heavy (non-hydrogen) atoms. The summed E-state index contributed by atoms with van der Waals surface area (Å²) in [5.41, 5.74) is 1.46. The summed E-state index contributed by atoms with van der Waals surface area (Å²) in [6.45, 7) is 4.77. The van der Waals surface area contributed by atoms with Gasteiger partial charge in [-0.2, -0.15) is 0 Å². The number of hydrogen-bond donors (Lipinski definition) is 0. The van der Waals surface area contributed by atoms with Crippen molar-refractivity contribution in [2.24, 2.45) is 0 Å². The lowest BCUT2D eigenvalue weighted by molar-refractivity contribution is -0.149. The lowest BCUT2D eigenvalue weighted by Gasteiger charge is -2.20. The number of halogens is 2. The number of benzene rings is 1. The molecule has 0 spiro atoms. The summed E-state index contributed by atoms with van der Waals surface area (Å²) in [5.74, 6) is -1.43. The monoisotopic (exact) mass is 396 g/mol. The van der Waals surface area contributed by atoms with Gasteiger partial charge in [0, 0.05) is 0 Å². The molecular formula is C17H14Cl2N2O5. The van der Waals surface area contributed by atoms with Crippen LogP contribution in [0, 0.1) is 13.8 Å². The molecule has 1 atom stereocenters. The number of aromatic nitrogens is 1. The number of aryl methyl sites for hydroxylation is 2. The lowest BCUT2D eigenvalue weighted by Crippen LogP contribution is -2.43. The van der Waals surface area contributed by atoms with Crippen LogP contribution < -0.4 is 0 Å². The molecule has 1 aliphatic heterocycles. The van der Waals surface area contributed by atoms with Gasteiger partial charge in [0.25, 0.3) is 11.8 Å². The Balaban J connectivity index is 1.77. The Kier molecular flexibility index (Phi) is 4.77. The molecule has 0 aliphatic carbocycles. The van der Waals surface area contributed by atoms with Crippen molar-refractivity contribution in [1.82, 2.24) is 10.1 Å². The summed E-state index contributed by atoms with van der Waals surface area (Å²) in [7, 11) is 0. The lowest BCUT2D eigenvalue weighted by atomic mass is 10.1. The topological polar surface area (TPSA) is 89.7 Å². The summed E-state index contributed by atoms with van der Waals surface area (Å²) >= 11 is 11.8. The number of amides is 2. The number of hydrogen-bond acceptors (Lipinski definition) is 6. The van der Waals surface area contributed by atoms with Crippen molar-refractivity contribution < 1.29 is 23.6 Å². The van der Waals surface area contributed by atoms with Crippen molar-refractivity contribution in [3.05, 3.63) is 50.3 Å². The Labute approximate surface area is 158 Å². The van der Waals surface area contributed by atoms with Gasteiger partial charge in [-0.25, -0.2) is 4.79 Å². The average molecular weight is 397 g/mol. The number of nitrogens with zero attached hydrogens (tertiary/aromatic N) is 2. The van der Waals surface area contributed by atoms with Crippen LogP contribution in [0.1, 0.15) is 44.7 Å². The first-order valence-corrected chi connectivity index (χ1v) is 8.43. The van der Waals surface area contributed by atoms with Crippen LogP contribution in [0.15, 0.2) is 16.7 Å². The average Bonchev–Trinajstić information content (AvgIpc) is 3.03. The van der Waals surface area contributed by atoms with Crippen molar-refractivity contribution >= 4 is 41.0 Å². The van der Waals surface area contributed by atoms with Gasteiger partial charge in [0.05, 0.1) is 32.4 Å². The molecule has 2 heterocycles. The van der Waals surface area contributed by atoms with E-state index in [0.29, 0.717) is 17.0 Å². The molecule has 0 N–H and O–H groups in total. The van der Waals surface area contributed by atoms with Crippen LogP contribution >= 0.6 is 23.2 Å². The third-order valence-corrected chi connectivity index (χ3v) is 4.95. The van der Waals surface area contributed by atoms with Gasteiger partial charge in [-0.3, -0.25) is 14.5 Å². The number of ether oxygens (including phenoxy) is 1. The predicted molar refractivity (Wildman–Crippen MR) is 92.2 cm³/mol. The van der Waals surface area contributed by atoms with Gasteiger partial charge in [-0.05, 0) is 32.9 Å². The second-order valence-corrected chi connectivity index (χ2v) is 6.69. The van der Waals surface area contributed by atoms with Crippen LogP contribution in [0.3, 0.4) is 0 Å². The number of rotatable bonds is 4. The molecule has 0 saturated carbocycles. The van der Waals surface area contributed by atoms with E-state index in [-0.39, 0.29) is 27.8 Å². The molecule has 0 fully saturated rings. The standard InChI is InChI=1S/C17H14Cl2N2O5/c1-7-12(9(3)26-20-7)6-25-17(24)8(2)21-15(22)10-4-13(18)14(19)5-11(10)16(21)23/h4-5,8H,6H2,1-3H3/t8-/m0/s1. The number of imide groups is 1. The molecule has 0 radical (unpaired) electrons. The van der Waals surface area contributed by atoms with Crippen molar-refractivity contribution in [2.75, 3.05) is 0 Å². The minimum absolute atomic E-state index is 0.0643. The Bertz CT molecular complexity index is 877. The number of fused-ring (bicyclic) bond motifs is 1. The Hall–Kier alpha value is -2.38. The third-order valence-electron chi connectivity index (χ3n) is 4.23. The Morgan fingerprint density at radius 1 is 1.19 bits per heavy atom. The van der Waals surface area contributed by atoms with Crippen LogP contribution in [-0.2, 0) is 16.1 Å². The van der Waals surface area contributed by atoms with Crippen LogP contribution in [0.4, 0.5) is 0 Å². The van der Waals surface area contributed by atoms with Crippen molar-refractivity contribution in [1.29, 1.82) is 0 Å². The largest absolute Gasteiger partial charge is 0.459 e. The van der Waals surface area contributed by atoms with Crippen LogP contribution in [0.2, 0.25) is 10.0 Å². The molecule has 7 nitrogen and oxygen atoms in total. The molecule has 9 heteroatoms. The van der Waals surface area contributed by atoms with Gasteiger partial charge in [0.2, 0.25) is 0 Å². The van der Waals surface area contributed by atoms with E-state index in [0.717, 1.165) is 4.90 Å². The number of esters is 1. The highest BCUT2D eigenvalue weighted by atomic mass is 35.5. The maximum absolute atomic E-state index is 12.5. The van der Waals surface area contributed by atoms with Gasteiger partial charge >= 0.3 is 5.97 Å². The predicted octanol–water partition coefficient (Wildman–Crippen LogP) is 3.33. The summed E-state index contributed by atoms with van der Waals surface area (Å²) in [5, 5.41) is 4.08. The van der Waals surface area contributed by atoms with E-state index in [1.54, 1.807) is 13.8 Å². The smallest absolute Gasteiger partial charge is 0.329 e. The summed E-state index contributed by atoms with van der Waals surface area (Å²) < 4.78 is 10.2. The van der Waals surface area contributed by atoms with Crippen LogP contribution in [0.5, 0.6) is 0 Å². The molecule has 136 valence electrons. The third kappa shape index (κ3) is 2.97. The highest BCUT2D eigenvalue weighted by Crippen LogP contribution is 2.32. The zero-order valence-electron chi connectivity index (χ0n) is 14.1. The van der Waals surface area contributed by atoms with E-state index < -0.39 is 23.8 Å². The SMILES string of the molecule is Cc1noc(C)c1COC(=O)[C@H](C)N1C(=O)c2cc(Cl)c(Cl)cc2C1=O. The fourth-order valence-electron chi connectivity index (χ4n) is 2.68. The number of carbonyl (C=O) groups is 3. The normalized spacial score (nSPS) is 14.6. The maximum atomic E-state index is 12.5. The summed E-state index contributed by atoms with van der Waals surface area (Å²) in [6, 6.07) is 1.53. The quantitative estimate of drug-likeness (QED) is 0.581. The number of carbonyl (C=O) groups excluding carboxylic acids is 3. The molecular weight excluding hydrogens is 383 g/mol. The molecule has 1 aliphatic rings. The molecule has 0 unspecified atom stereocenters. The Morgan fingerprint density at radius 2 is 1.73 bits per heavy atom. The first-order valence-electron chi connectivity index (χ1n) is 7.67. The van der Waals surface area contributed by atoms with E-state index in [9.17, 15) is 14.4 Å². The second-order valence-electron chi connectivity index (χ2n) is 5.88. The van der Waals surface area contributed by atoms with Gasteiger partial charge in [0.1, 0.15) is 18.4 Å². The van der Waals surface area contributed by atoms with E-state index >= 15 is 0 Å². The zero-order valence-corrected chi connectivity index (χ0v) is 15.6. The molecule has 0 bridgehead atoms. The van der Waals surface area contributed by atoms with Crippen molar-refractivity contribution in [3.8, 4) is 0 Å². The second kappa shape index (κ2) is 6.74. The van der Waals surface area contributed by atoms with E-state index in [1.807, 2.05) is 0 Å². The van der Waals surface area contributed by atoms with Crippen molar-refractivity contribution in [2.45, 2.75) is 33.4 Å². The van der Waals surface area contributed by atoms with E-state index in [1.165, 1.54) is 19.1 Å². The van der Waals surface area contributed by atoms with E-state index in [2.05, 4.69) is 5.16 Å². The van der Waals surface area contributed by atoms with E-state index in [4.69, 9.17) is 32.5 Å². The first-order chi connectivity index (χ1) is 12.2. The molecule has 3 rings (SSSR count). The molecule has 2 aromatic rings.